The second-order valence-corrected chi connectivity index (χ2v) is 5.08. The highest BCUT2D eigenvalue weighted by molar-refractivity contribution is 6.32. The van der Waals surface area contributed by atoms with E-state index in [1.54, 1.807) is 13.8 Å². The van der Waals surface area contributed by atoms with Gasteiger partial charge in [0.25, 0.3) is 5.91 Å². The number of nitrogens with one attached hydrogen (secondary N) is 1. The van der Waals surface area contributed by atoms with Crippen LogP contribution in [0.15, 0.2) is 18.2 Å². The van der Waals surface area contributed by atoms with Crippen molar-refractivity contribution in [1.29, 1.82) is 0 Å². The molecule has 0 heterocycles. The second kappa shape index (κ2) is 7.83. The molecule has 7 heteroatoms. The number of hydrogen-bond acceptors (Lipinski definition) is 4. The van der Waals surface area contributed by atoms with Crippen molar-refractivity contribution in [2.75, 3.05) is 13.7 Å². The maximum atomic E-state index is 12.9. The molecule has 1 aromatic carbocycles. The monoisotopic (exact) mass is 317 g/mol. The van der Waals surface area contributed by atoms with Gasteiger partial charge >= 0.3 is 5.97 Å². The highest BCUT2D eigenvalue weighted by Crippen LogP contribution is 2.24. The lowest BCUT2D eigenvalue weighted by Gasteiger charge is -2.19. The number of ether oxygens (including phenoxy) is 2. The zero-order chi connectivity index (χ0) is 16.0. The molecule has 0 aliphatic carbocycles. The first-order valence-corrected chi connectivity index (χ1v) is 6.68. The van der Waals surface area contributed by atoms with Gasteiger partial charge in [0.2, 0.25) is 0 Å². The molecular formula is C14H17ClFNO4. The van der Waals surface area contributed by atoms with Crippen molar-refractivity contribution in [2.24, 2.45) is 5.92 Å². The van der Waals surface area contributed by atoms with Crippen LogP contribution in [0.3, 0.4) is 0 Å². The molecule has 21 heavy (non-hydrogen) atoms. The molecule has 1 rings (SSSR count). The van der Waals surface area contributed by atoms with Gasteiger partial charge in [-0.15, -0.1) is 0 Å². The molecule has 1 amide bonds. The van der Waals surface area contributed by atoms with E-state index in [0.717, 1.165) is 6.07 Å². The van der Waals surface area contributed by atoms with Gasteiger partial charge in [0, 0.05) is 0 Å². The quantitative estimate of drug-likeness (QED) is 0.817. The van der Waals surface area contributed by atoms with Crippen LogP contribution in [0, 0.1) is 11.7 Å². The van der Waals surface area contributed by atoms with Gasteiger partial charge in [-0.2, -0.15) is 0 Å². The summed E-state index contributed by atoms with van der Waals surface area (Å²) in [4.78, 5) is 23.3. The Kier molecular flexibility index (Phi) is 6.42. The highest BCUT2D eigenvalue weighted by Gasteiger charge is 2.25. The Hall–Kier alpha value is -1.82. The third kappa shape index (κ3) is 5.23. The lowest BCUT2D eigenvalue weighted by atomic mass is 10.0. The summed E-state index contributed by atoms with van der Waals surface area (Å²) in [5, 5.41) is 2.58. The van der Waals surface area contributed by atoms with Crippen LogP contribution >= 0.6 is 11.6 Å². The molecule has 0 saturated carbocycles. The molecule has 0 aliphatic rings. The van der Waals surface area contributed by atoms with Crippen LogP contribution in [0.5, 0.6) is 5.75 Å². The van der Waals surface area contributed by atoms with E-state index >= 15 is 0 Å². The van der Waals surface area contributed by atoms with Gasteiger partial charge in [-0.05, 0) is 24.1 Å². The number of benzene rings is 1. The van der Waals surface area contributed by atoms with Crippen molar-refractivity contribution >= 4 is 23.5 Å². The van der Waals surface area contributed by atoms with Gasteiger partial charge < -0.3 is 14.8 Å². The van der Waals surface area contributed by atoms with Crippen molar-refractivity contribution in [1.82, 2.24) is 5.32 Å². The zero-order valence-corrected chi connectivity index (χ0v) is 12.7. The first kappa shape index (κ1) is 17.2. The predicted molar refractivity (Wildman–Crippen MR) is 75.7 cm³/mol. The number of carbonyl (C=O) groups excluding carboxylic acids is 2. The number of esters is 1. The number of halogens is 2. The van der Waals surface area contributed by atoms with Gasteiger partial charge in [0.05, 0.1) is 12.1 Å². The Morgan fingerprint density at radius 3 is 2.57 bits per heavy atom. The minimum atomic E-state index is -0.755. The molecular weight excluding hydrogens is 301 g/mol. The van der Waals surface area contributed by atoms with E-state index in [0.29, 0.717) is 0 Å². The highest BCUT2D eigenvalue weighted by atomic mass is 35.5. The fraction of sp³-hybridized carbons (Fsp3) is 0.429. The molecule has 1 atom stereocenters. The second-order valence-electron chi connectivity index (χ2n) is 4.68. The average Bonchev–Trinajstić information content (AvgIpc) is 2.42. The fourth-order valence-electron chi connectivity index (χ4n) is 1.58. The van der Waals surface area contributed by atoms with Crippen LogP contribution < -0.4 is 10.1 Å². The normalized spacial score (nSPS) is 11.9. The minimum absolute atomic E-state index is 0.0659. The molecule has 1 N–H and O–H groups in total. The first-order valence-electron chi connectivity index (χ1n) is 6.30. The summed E-state index contributed by atoms with van der Waals surface area (Å²) in [6, 6.07) is 2.82. The van der Waals surface area contributed by atoms with Crippen LogP contribution in [-0.2, 0) is 14.3 Å². The molecule has 0 aromatic heterocycles. The molecule has 0 fully saturated rings. The molecule has 5 nitrogen and oxygen atoms in total. The van der Waals surface area contributed by atoms with Gasteiger partial charge in [0.1, 0.15) is 17.6 Å². The molecule has 0 aliphatic heterocycles. The third-order valence-electron chi connectivity index (χ3n) is 2.69. The van der Waals surface area contributed by atoms with Gasteiger partial charge in [-0.1, -0.05) is 25.4 Å². The Morgan fingerprint density at radius 2 is 2.05 bits per heavy atom. The van der Waals surface area contributed by atoms with Crippen LogP contribution in [0.2, 0.25) is 5.02 Å². The van der Waals surface area contributed by atoms with Gasteiger partial charge in [-0.25, -0.2) is 9.18 Å². The van der Waals surface area contributed by atoms with Gasteiger partial charge in [-0.3, -0.25) is 4.79 Å². The molecule has 0 unspecified atom stereocenters. The lowest BCUT2D eigenvalue weighted by molar-refractivity contribution is -0.146. The van der Waals surface area contributed by atoms with E-state index < -0.39 is 23.7 Å². The largest absolute Gasteiger partial charge is 0.482 e. The Labute approximate surface area is 127 Å². The Morgan fingerprint density at radius 1 is 1.38 bits per heavy atom. The fourth-order valence-corrected chi connectivity index (χ4v) is 1.80. The number of rotatable bonds is 6. The van der Waals surface area contributed by atoms with Crippen molar-refractivity contribution in [3.63, 3.8) is 0 Å². The van der Waals surface area contributed by atoms with Crippen molar-refractivity contribution in [3.8, 4) is 5.75 Å². The average molecular weight is 318 g/mol. The molecule has 0 spiro atoms. The smallest absolute Gasteiger partial charge is 0.328 e. The van der Waals surface area contributed by atoms with E-state index in [1.807, 2.05) is 0 Å². The standard InChI is InChI=1S/C14H17ClFNO4/c1-8(2)13(14(19)20-3)17-12(18)7-21-11-5-4-9(16)6-10(11)15/h4-6,8,13H,7H2,1-3H3,(H,17,18)/t13-/m1/s1. The summed E-state index contributed by atoms with van der Waals surface area (Å²) >= 11 is 5.77. The van der Waals surface area contributed by atoms with Crippen LogP contribution in [-0.4, -0.2) is 31.6 Å². The van der Waals surface area contributed by atoms with Crippen LogP contribution in [0.1, 0.15) is 13.8 Å². The molecule has 1 aromatic rings. The Bertz CT molecular complexity index is 522. The maximum absolute atomic E-state index is 12.9. The first-order chi connectivity index (χ1) is 9.85. The van der Waals surface area contributed by atoms with Gasteiger partial charge in [0.15, 0.2) is 6.61 Å². The summed E-state index contributed by atoms with van der Waals surface area (Å²) in [5.74, 6) is -1.47. The third-order valence-corrected chi connectivity index (χ3v) is 2.99. The SMILES string of the molecule is COC(=O)[C@H](NC(=O)COc1ccc(F)cc1Cl)C(C)C. The van der Waals surface area contributed by atoms with E-state index in [-0.39, 0.29) is 23.3 Å². The lowest BCUT2D eigenvalue weighted by Crippen LogP contribution is -2.46. The summed E-state index contributed by atoms with van der Waals surface area (Å²) in [5.41, 5.74) is 0. The van der Waals surface area contributed by atoms with Crippen molar-refractivity contribution in [3.05, 3.63) is 29.0 Å². The number of carbonyl (C=O) groups is 2. The summed E-state index contributed by atoms with van der Waals surface area (Å²) < 4.78 is 22.7. The van der Waals surface area contributed by atoms with E-state index in [9.17, 15) is 14.0 Å². The number of hydrogen-bond donors (Lipinski definition) is 1. The molecule has 0 radical (unpaired) electrons. The molecule has 116 valence electrons. The summed E-state index contributed by atoms with van der Waals surface area (Å²) in [7, 11) is 1.25. The zero-order valence-electron chi connectivity index (χ0n) is 12.0. The van der Waals surface area contributed by atoms with Crippen LogP contribution in [0.25, 0.3) is 0 Å². The van der Waals surface area contributed by atoms with Crippen LogP contribution in [0.4, 0.5) is 4.39 Å². The summed E-state index contributed by atoms with van der Waals surface area (Å²) in [6.07, 6.45) is 0. The maximum Gasteiger partial charge on any atom is 0.328 e. The number of amides is 1. The van der Waals surface area contributed by atoms with E-state index in [4.69, 9.17) is 16.3 Å². The Balaban J connectivity index is 2.58. The topological polar surface area (TPSA) is 64.6 Å². The number of methoxy groups -OCH3 is 1. The minimum Gasteiger partial charge on any atom is -0.482 e. The molecule has 0 bridgehead atoms. The van der Waals surface area contributed by atoms with E-state index in [2.05, 4.69) is 10.1 Å². The van der Waals surface area contributed by atoms with E-state index in [1.165, 1.54) is 19.2 Å². The predicted octanol–water partition coefficient (Wildman–Crippen LogP) is 2.17. The summed E-state index contributed by atoms with van der Waals surface area (Å²) in [6.45, 7) is 3.21. The molecule has 0 saturated heterocycles. The van der Waals surface area contributed by atoms with Crippen molar-refractivity contribution < 1.29 is 23.5 Å². The van der Waals surface area contributed by atoms with Crippen molar-refractivity contribution in [2.45, 2.75) is 19.9 Å².